The van der Waals surface area contributed by atoms with E-state index < -0.39 is 0 Å². The molecule has 158 valence electrons. The standard InChI is InChI=1S/C25H21N5O2/c31-25(26-15-13-19-14-16-29(27-19)20-8-3-1-4-9-20)23-18-22(24-12-7-17-32-24)28-30(23)21-10-5-2-6-11-21/h1-12,14,16-18H,13,15H2,(H,26,31). The van der Waals surface area contributed by atoms with Crippen molar-refractivity contribution >= 4 is 5.91 Å². The topological polar surface area (TPSA) is 77.9 Å². The molecule has 7 nitrogen and oxygen atoms in total. The number of aromatic nitrogens is 4. The molecule has 0 aliphatic rings. The zero-order chi connectivity index (χ0) is 21.8. The third-order valence-electron chi connectivity index (χ3n) is 5.05. The Balaban J connectivity index is 1.31. The quantitative estimate of drug-likeness (QED) is 0.424. The normalized spacial score (nSPS) is 10.9. The third kappa shape index (κ3) is 4.09. The lowest BCUT2D eigenvalue weighted by atomic mass is 10.2. The fourth-order valence-corrected chi connectivity index (χ4v) is 3.47. The second-order valence-corrected chi connectivity index (χ2v) is 7.23. The van der Waals surface area contributed by atoms with Crippen molar-refractivity contribution in [1.82, 2.24) is 24.9 Å². The summed E-state index contributed by atoms with van der Waals surface area (Å²) in [5.41, 5.74) is 3.75. The fourth-order valence-electron chi connectivity index (χ4n) is 3.47. The van der Waals surface area contributed by atoms with E-state index in [0.29, 0.717) is 30.1 Å². The first kappa shape index (κ1) is 19.6. The zero-order valence-electron chi connectivity index (χ0n) is 17.3. The maximum atomic E-state index is 13.0. The molecular weight excluding hydrogens is 402 g/mol. The molecule has 5 aromatic rings. The summed E-state index contributed by atoms with van der Waals surface area (Å²) in [4.78, 5) is 13.0. The predicted octanol–water partition coefficient (Wildman–Crippen LogP) is 4.29. The van der Waals surface area contributed by atoms with Gasteiger partial charge >= 0.3 is 0 Å². The summed E-state index contributed by atoms with van der Waals surface area (Å²) in [6.07, 6.45) is 4.13. The van der Waals surface area contributed by atoms with Crippen LogP contribution in [0.25, 0.3) is 22.8 Å². The summed E-state index contributed by atoms with van der Waals surface area (Å²) >= 11 is 0. The second-order valence-electron chi connectivity index (χ2n) is 7.23. The molecule has 2 aromatic carbocycles. The van der Waals surface area contributed by atoms with Crippen LogP contribution < -0.4 is 5.32 Å². The van der Waals surface area contributed by atoms with E-state index in [1.165, 1.54) is 0 Å². The molecule has 7 heteroatoms. The van der Waals surface area contributed by atoms with E-state index in [9.17, 15) is 4.79 Å². The van der Waals surface area contributed by atoms with Crippen LogP contribution in [-0.2, 0) is 6.42 Å². The van der Waals surface area contributed by atoms with Crippen LogP contribution >= 0.6 is 0 Å². The SMILES string of the molecule is O=C(NCCc1ccn(-c2ccccc2)n1)c1cc(-c2ccco2)nn1-c1ccccc1. The molecular formula is C25H21N5O2. The first-order valence-electron chi connectivity index (χ1n) is 10.4. The molecule has 3 heterocycles. The molecule has 0 saturated heterocycles. The number of rotatable bonds is 7. The molecule has 5 rings (SSSR count). The minimum atomic E-state index is -0.207. The van der Waals surface area contributed by atoms with Gasteiger partial charge in [0.05, 0.1) is 23.3 Å². The largest absolute Gasteiger partial charge is 0.463 e. The van der Waals surface area contributed by atoms with Gasteiger partial charge in [0.15, 0.2) is 5.76 Å². The maximum Gasteiger partial charge on any atom is 0.270 e. The molecule has 0 saturated carbocycles. The average Bonchev–Trinajstić information content (AvgIpc) is 3.61. The Labute approximate surface area is 184 Å². The Morgan fingerprint density at radius 1 is 0.875 bits per heavy atom. The maximum absolute atomic E-state index is 13.0. The van der Waals surface area contributed by atoms with Gasteiger partial charge in [-0.15, -0.1) is 0 Å². The summed E-state index contributed by atoms with van der Waals surface area (Å²) in [6.45, 7) is 0.459. The summed E-state index contributed by atoms with van der Waals surface area (Å²) < 4.78 is 8.93. The van der Waals surface area contributed by atoms with E-state index >= 15 is 0 Å². The minimum Gasteiger partial charge on any atom is -0.463 e. The van der Waals surface area contributed by atoms with Gasteiger partial charge in [-0.05, 0) is 42.5 Å². The molecule has 1 N–H and O–H groups in total. The van der Waals surface area contributed by atoms with Crippen molar-refractivity contribution < 1.29 is 9.21 Å². The van der Waals surface area contributed by atoms with Crippen molar-refractivity contribution in [1.29, 1.82) is 0 Å². The Morgan fingerprint density at radius 2 is 1.62 bits per heavy atom. The summed E-state index contributed by atoms with van der Waals surface area (Å²) in [5.74, 6) is 0.404. The van der Waals surface area contributed by atoms with Crippen molar-refractivity contribution in [3.8, 4) is 22.8 Å². The highest BCUT2D eigenvalue weighted by molar-refractivity contribution is 5.94. The van der Waals surface area contributed by atoms with Gasteiger partial charge in [-0.25, -0.2) is 9.36 Å². The molecule has 0 radical (unpaired) electrons. The van der Waals surface area contributed by atoms with Gasteiger partial charge in [-0.3, -0.25) is 4.79 Å². The van der Waals surface area contributed by atoms with Gasteiger partial charge in [0.2, 0.25) is 0 Å². The van der Waals surface area contributed by atoms with Crippen LogP contribution in [0, 0.1) is 0 Å². The number of hydrogen-bond acceptors (Lipinski definition) is 4. The number of amides is 1. The zero-order valence-corrected chi connectivity index (χ0v) is 17.3. The van der Waals surface area contributed by atoms with E-state index in [-0.39, 0.29) is 5.91 Å². The second kappa shape index (κ2) is 8.77. The molecule has 3 aromatic heterocycles. The number of para-hydroxylation sites is 2. The van der Waals surface area contributed by atoms with Crippen LogP contribution in [0.3, 0.4) is 0 Å². The minimum absolute atomic E-state index is 0.207. The van der Waals surface area contributed by atoms with E-state index in [2.05, 4.69) is 15.5 Å². The summed E-state index contributed by atoms with van der Waals surface area (Å²) in [6, 6.07) is 26.8. The highest BCUT2D eigenvalue weighted by Crippen LogP contribution is 2.22. The number of carbonyl (C=O) groups is 1. The molecule has 0 unspecified atom stereocenters. The van der Waals surface area contributed by atoms with E-state index in [1.807, 2.05) is 83.7 Å². The summed E-state index contributed by atoms with van der Waals surface area (Å²) in [5, 5.41) is 12.2. The highest BCUT2D eigenvalue weighted by atomic mass is 16.3. The van der Waals surface area contributed by atoms with Crippen molar-refractivity contribution in [2.45, 2.75) is 6.42 Å². The lowest BCUT2D eigenvalue weighted by Gasteiger charge is -2.08. The van der Waals surface area contributed by atoms with Crippen LogP contribution in [0.1, 0.15) is 16.2 Å². The Morgan fingerprint density at radius 3 is 2.34 bits per heavy atom. The summed E-state index contributed by atoms with van der Waals surface area (Å²) in [7, 11) is 0. The smallest absolute Gasteiger partial charge is 0.270 e. The van der Waals surface area contributed by atoms with Crippen LogP contribution in [0.4, 0.5) is 0 Å². The molecule has 0 spiro atoms. The van der Waals surface area contributed by atoms with Gasteiger partial charge in [0.1, 0.15) is 11.4 Å². The van der Waals surface area contributed by atoms with Gasteiger partial charge in [-0.2, -0.15) is 10.2 Å². The van der Waals surface area contributed by atoms with Crippen LogP contribution in [0.5, 0.6) is 0 Å². The number of carbonyl (C=O) groups excluding carboxylic acids is 1. The van der Waals surface area contributed by atoms with Gasteiger partial charge in [0, 0.05) is 25.2 Å². The fraction of sp³-hybridized carbons (Fsp3) is 0.0800. The van der Waals surface area contributed by atoms with Crippen LogP contribution in [0.15, 0.2) is 102 Å². The number of furan rings is 1. The molecule has 32 heavy (non-hydrogen) atoms. The first-order chi connectivity index (χ1) is 15.8. The first-order valence-corrected chi connectivity index (χ1v) is 10.4. The molecule has 0 aliphatic carbocycles. The molecule has 0 fully saturated rings. The van der Waals surface area contributed by atoms with Crippen molar-refractivity contribution in [2.24, 2.45) is 0 Å². The lowest BCUT2D eigenvalue weighted by Crippen LogP contribution is -2.28. The molecule has 1 amide bonds. The van der Waals surface area contributed by atoms with Gasteiger partial charge < -0.3 is 9.73 Å². The van der Waals surface area contributed by atoms with E-state index in [4.69, 9.17) is 4.42 Å². The van der Waals surface area contributed by atoms with Gasteiger partial charge in [0.25, 0.3) is 5.91 Å². The number of nitrogens with one attached hydrogen (secondary N) is 1. The Bertz CT molecular complexity index is 1310. The van der Waals surface area contributed by atoms with E-state index in [1.54, 1.807) is 23.1 Å². The van der Waals surface area contributed by atoms with Gasteiger partial charge in [-0.1, -0.05) is 36.4 Å². The van der Waals surface area contributed by atoms with Crippen molar-refractivity contribution in [2.75, 3.05) is 6.54 Å². The third-order valence-corrected chi connectivity index (χ3v) is 5.05. The predicted molar refractivity (Wildman–Crippen MR) is 121 cm³/mol. The van der Waals surface area contributed by atoms with Crippen molar-refractivity contribution in [3.05, 3.63) is 109 Å². The number of benzene rings is 2. The highest BCUT2D eigenvalue weighted by Gasteiger charge is 2.18. The van der Waals surface area contributed by atoms with E-state index in [0.717, 1.165) is 17.1 Å². The van der Waals surface area contributed by atoms with Crippen molar-refractivity contribution in [3.63, 3.8) is 0 Å². The van der Waals surface area contributed by atoms with Crippen LogP contribution in [-0.4, -0.2) is 32.0 Å². The van der Waals surface area contributed by atoms with Crippen LogP contribution in [0.2, 0.25) is 0 Å². The Kier molecular flexibility index (Phi) is 5.36. The number of nitrogens with zero attached hydrogens (tertiary/aromatic N) is 4. The monoisotopic (exact) mass is 423 g/mol. The Hall–Kier alpha value is -4.39. The molecule has 0 bridgehead atoms. The molecule has 0 aliphatic heterocycles. The number of hydrogen-bond donors (Lipinski definition) is 1. The lowest BCUT2D eigenvalue weighted by molar-refractivity contribution is 0.0946. The average molecular weight is 423 g/mol. The molecule has 0 atom stereocenters.